The van der Waals surface area contributed by atoms with Crippen LogP contribution in [0.25, 0.3) is 0 Å². The fourth-order valence-electron chi connectivity index (χ4n) is 4.05. The number of nitrogens with zero attached hydrogens (tertiary/aromatic N) is 2. The molecule has 2 rings (SSSR count). The van der Waals surface area contributed by atoms with Crippen molar-refractivity contribution in [2.45, 2.75) is 39.5 Å². The van der Waals surface area contributed by atoms with E-state index in [1.54, 1.807) is 0 Å². The van der Waals surface area contributed by atoms with Gasteiger partial charge in [-0.05, 0) is 44.1 Å². The highest BCUT2D eigenvalue weighted by molar-refractivity contribution is 14.0. The van der Waals surface area contributed by atoms with E-state index in [9.17, 15) is 0 Å². The van der Waals surface area contributed by atoms with Crippen molar-refractivity contribution in [3.8, 4) is 0 Å². The van der Waals surface area contributed by atoms with Crippen LogP contribution >= 0.6 is 24.0 Å². The molecule has 0 amide bonds. The number of rotatable bonds is 10. The molecule has 6 nitrogen and oxygen atoms in total. The van der Waals surface area contributed by atoms with Crippen molar-refractivity contribution in [2.75, 3.05) is 66.2 Å². The zero-order valence-corrected chi connectivity index (χ0v) is 19.9. The lowest BCUT2D eigenvalue weighted by molar-refractivity contribution is 0.0888. The summed E-state index contributed by atoms with van der Waals surface area (Å²) in [5.41, 5.74) is 0. The Morgan fingerprint density at radius 2 is 1.85 bits per heavy atom. The third-order valence-corrected chi connectivity index (χ3v) is 5.25. The molecular weight excluding hydrogens is 455 g/mol. The van der Waals surface area contributed by atoms with Crippen LogP contribution < -0.4 is 10.6 Å². The highest BCUT2D eigenvalue weighted by Crippen LogP contribution is 2.20. The van der Waals surface area contributed by atoms with Crippen LogP contribution in [0.15, 0.2) is 4.99 Å². The van der Waals surface area contributed by atoms with Gasteiger partial charge >= 0.3 is 0 Å². The Balaban J connectivity index is 0.00000364. The maximum atomic E-state index is 5.73. The molecule has 0 aliphatic carbocycles. The molecule has 0 radical (unpaired) electrons. The quantitative estimate of drug-likeness (QED) is 0.211. The minimum atomic E-state index is 0. The molecule has 3 unspecified atom stereocenters. The van der Waals surface area contributed by atoms with Crippen LogP contribution in [0.2, 0.25) is 0 Å². The number of aliphatic imine (C=N–C) groups is 1. The van der Waals surface area contributed by atoms with Crippen molar-refractivity contribution >= 4 is 29.9 Å². The predicted octanol–water partition coefficient (Wildman–Crippen LogP) is 2.58. The molecule has 0 spiro atoms. The summed E-state index contributed by atoms with van der Waals surface area (Å²) >= 11 is 0. The Bertz CT molecular complexity index is 395. The van der Waals surface area contributed by atoms with Gasteiger partial charge in [0.2, 0.25) is 0 Å². The van der Waals surface area contributed by atoms with Crippen LogP contribution in [0.4, 0.5) is 0 Å². The number of halogens is 1. The van der Waals surface area contributed by atoms with Gasteiger partial charge in [-0.3, -0.25) is 4.99 Å². The number of likely N-dealkylation sites (tertiary alicyclic amines) is 1. The highest BCUT2D eigenvalue weighted by Gasteiger charge is 2.21. The summed E-state index contributed by atoms with van der Waals surface area (Å²) in [6.45, 7) is 13.7. The zero-order chi connectivity index (χ0) is 18.6. The Morgan fingerprint density at radius 1 is 1.15 bits per heavy atom. The summed E-state index contributed by atoms with van der Waals surface area (Å²) in [4.78, 5) is 6.92. The summed E-state index contributed by atoms with van der Waals surface area (Å²) in [6, 6.07) is 0. The maximum absolute atomic E-state index is 5.73. The average molecular weight is 496 g/mol. The molecule has 0 aromatic rings. The summed E-state index contributed by atoms with van der Waals surface area (Å²) in [6.07, 6.45) is 4.68. The first-order valence-electron chi connectivity index (χ1n) is 10.5. The van der Waals surface area contributed by atoms with Crippen molar-refractivity contribution in [1.82, 2.24) is 15.5 Å². The molecule has 2 aliphatic heterocycles. The zero-order valence-electron chi connectivity index (χ0n) is 17.5. The number of nitrogens with one attached hydrogen (secondary N) is 2. The predicted molar refractivity (Wildman–Crippen MR) is 123 cm³/mol. The molecule has 2 aliphatic rings. The fraction of sp³-hybridized carbons (Fsp3) is 0.950. The third-order valence-electron chi connectivity index (χ3n) is 5.25. The van der Waals surface area contributed by atoms with E-state index in [1.807, 2.05) is 7.05 Å². The van der Waals surface area contributed by atoms with E-state index in [1.165, 1.54) is 26.1 Å². The largest absolute Gasteiger partial charge is 0.381 e. The second-order valence-corrected chi connectivity index (χ2v) is 8.14. The van der Waals surface area contributed by atoms with Gasteiger partial charge in [0.1, 0.15) is 0 Å². The van der Waals surface area contributed by atoms with Crippen LogP contribution in [-0.4, -0.2) is 77.1 Å². The Morgan fingerprint density at radius 3 is 2.48 bits per heavy atom. The molecule has 27 heavy (non-hydrogen) atoms. The van der Waals surface area contributed by atoms with Gasteiger partial charge in [-0.15, -0.1) is 24.0 Å². The van der Waals surface area contributed by atoms with E-state index < -0.39 is 0 Å². The first-order valence-corrected chi connectivity index (χ1v) is 10.5. The van der Waals surface area contributed by atoms with E-state index in [4.69, 9.17) is 9.47 Å². The number of guanidine groups is 1. The maximum Gasteiger partial charge on any atom is 0.190 e. The molecule has 0 aromatic carbocycles. The van der Waals surface area contributed by atoms with Crippen molar-refractivity contribution in [1.29, 1.82) is 0 Å². The summed E-state index contributed by atoms with van der Waals surface area (Å²) in [5, 5.41) is 6.79. The van der Waals surface area contributed by atoms with Crippen molar-refractivity contribution in [2.24, 2.45) is 22.7 Å². The fourth-order valence-corrected chi connectivity index (χ4v) is 4.05. The van der Waals surface area contributed by atoms with Gasteiger partial charge in [-0.2, -0.15) is 0 Å². The smallest absolute Gasteiger partial charge is 0.190 e. The number of ether oxygens (including phenoxy) is 2. The van der Waals surface area contributed by atoms with Gasteiger partial charge in [-0.1, -0.05) is 13.8 Å². The van der Waals surface area contributed by atoms with Crippen LogP contribution in [0.1, 0.15) is 39.5 Å². The van der Waals surface area contributed by atoms with E-state index in [-0.39, 0.29) is 24.0 Å². The van der Waals surface area contributed by atoms with Crippen LogP contribution in [0.3, 0.4) is 0 Å². The second-order valence-electron chi connectivity index (χ2n) is 8.14. The van der Waals surface area contributed by atoms with Crippen LogP contribution in [-0.2, 0) is 9.47 Å². The molecule has 0 saturated carbocycles. The lowest BCUT2D eigenvalue weighted by Gasteiger charge is -2.35. The first kappa shape index (κ1) is 24.9. The molecule has 2 N–H and O–H groups in total. The van der Waals surface area contributed by atoms with Gasteiger partial charge in [-0.25, -0.2) is 0 Å². The number of hydrogen-bond acceptors (Lipinski definition) is 4. The highest BCUT2D eigenvalue weighted by atomic mass is 127. The van der Waals surface area contributed by atoms with Crippen LogP contribution in [0.5, 0.6) is 0 Å². The van der Waals surface area contributed by atoms with Gasteiger partial charge < -0.3 is 25.0 Å². The molecule has 0 aromatic heterocycles. The van der Waals surface area contributed by atoms with Gasteiger partial charge in [0.25, 0.3) is 0 Å². The summed E-state index contributed by atoms with van der Waals surface area (Å²) in [5.74, 6) is 3.17. The molecule has 3 atom stereocenters. The van der Waals surface area contributed by atoms with Crippen molar-refractivity contribution in [3.05, 3.63) is 0 Å². The molecular formula is C20H41IN4O2. The molecule has 2 saturated heterocycles. The first-order chi connectivity index (χ1) is 12.7. The van der Waals surface area contributed by atoms with Gasteiger partial charge in [0.15, 0.2) is 5.96 Å². The summed E-state index contributed by atoms with van der Waals surface area (Å²) < 4.78 is 11.1. The number of piperidine rings is 1. The standard InChI is InChI=1S/C20H40N4O2.HI/c1-17-12-18(2)14-24(13-17)9-4-7-22-20(21-3)23-8-5-10-25-15-19-6-11-26-16-19;/h17-19H,4-16H2,1-3H3,(H2,21,22,23);1H. The monoisotopic (exact) mass is 496 g/mol. The Kier molecular flexibility index (Phi) is 13.7. The minimum absolute atomic E-state index is 0. The van der Waals surface area contributed by atoms with E-state index in [0.717, 1.165) is 76.6 Å². The molecule has 0 bridgehead atoms. The average Bonchev–Trinajstić information content (AvgIpc) is 3.12. The molecule has 160 valence electrons. The van der Waals surface area contributed by atoms with Gasteiger partial charge in [0.05, 0.1) is 13.2 Å². The Labute approximate surface area is 183 Å². The second kappa shape index (κ2) is 14.8. The van der Waals surface area contributed by atoms with E-state index in [2.05, 4.69) is 34.4 Å². The molecule has 2 heterocycles. The topological polar surface area (TPSA) is 58.1 Å². The summed E-state index contributed by atoms with van der Waals surface area (Å²) in [7, 11) is 1.83. The van der Waals surface area contributed by atoms with Crippen molar-refractivity contribution < 1.29 is 9.47 Å². The minimum Gasteiger partial charge on any atom is -0.381 e. The van der Waals surface area contributed by atoms with E-state index in [0.29, 0.717) is 5.92 Å². The lowest BCUT2D eigenvalue weighted by Crippen LogP contribution is -2.42. The SMILES string of the molecule is CN=C(NCCCOCC1CCOC1)NCCCN1CC(C)CC(C)C1.I. The normalized spacial score (nSPS) is 26.6. The van der Waals surface area contributed by atoms with Crippen molar-refractivity contribution in [3.63, 3.8) is 0 Å². The molecule has 2 fully saturated rings. The lowest BCUT2D eigenvalue weighted by atomic mass is 9.92. The van der Waals surface area contributed by atoms with Gasteiger partial charge in [0, 0.05) is 52.4 Å². The van der Waals surface area contributed by atoms with Crippen LogP contribution in [0, 0.1) is 17.8 Å². The Hall–Kier alpha value is -0.120. The molecule has 7 heteroatoms. The number of hydrogen-bond donors (Lipinski definition) is 2. The van der Waals surface area contributed by atoms with E-state index >= 15 is 0 Å². The third kappa shape index (κ3) is 10.9.